The minimum absolute atomic E-state index is 0.0675. The van der Waals surface area contributed by atoms with Crippen LogP contribution in [0.2, 0.25) is 0 Å². The van der Waals surface area contributed by atoms with Gasteiger partial charge >= 0.3 is 12.2 Å². The Morgan fingerprint density at radius 1 is 0.639 bits per heavy atom. The fourth-order valence-corrected chi connectivity index (χ4v) is 12.8. The van der Waals surface area contributed by atoms with E-state index >= 15 is 0 Å². The van der Waals surface area contributed by atoms with Gasteiger partial charge in [0.05, 0.1) is 50.1 Å². The topological polar surface area (TPSA) is 175 Å². The number of ether oxygens (including phenoxy) is 2. The maximum Gasteiger partial charge on any atom is 0.407 e. The molecule has 3 aromatic carbocycles. The van der Waals surface area contributed by atoms with E-state index in [-0.39, 0.29) is 41.9 Å². The van der Waals surface area contributed by atoms with Gasteiger partial charge in [-0.1, -0.05) is 101 Å². The van der Waals surface area contributed by atoms with E-state index in [9.17, 15) is 19.2 Å². The van der Waals surface area contributed by atoms with Gasteiger partial charge in [0.15, 0.2) is 0 Å². The van der Waals surface area contributed by atoms with Crippen molar-refractivity contribution in [1.29, 1.82) is 0 Å². The third-order valence-corrected chi connectivity index (χ3v) is 16.6. The van der Waals surface area contributed by atoms with Crippen LogP contribution in [-0.4, -0.2) is 92.1 Å². The van der Waals surface area contributed by atoms with Crippen molar-refractivity contribution >= 4 is 24.0 Å². The molecule has 6 aliphatic carbocycles. The maximum absolute atomic E-state index is 14.6. The Morgan fingerprint density at radius 2 is 1.12 bits per heavy atom. The summed E-state index contributed by atoms with van der Waals surface area (Å²) in [6.45, 7) is 9.73. The number of aryl methyl sites for hydroxylation is 4. The number of nitrogens with zero attached hydrogens (tertiary/aromatic N) is 4. The molecule has 0 radical (unpaired) electrons. The average molecular weight is 975 g/mol. The summed E-state index contributed by atoms with van der Waals surface area (Å²) in [5.74, 6) is 1.89. The van der Waals surface area contributed by atoms with E-state index in [1.807, 2.05) is 36.0 Å². The van der Waals surface area contributed by atoms with Gasteiger partial charge in [-0.25, -0.2) is 19.6 Å². The first-order valence-corrected chi connectivity index (χ1v) is 26.3. The molecule has 14 nitrogen and oxygen atoms in total. The molecule has 4 bridgehead atoms. The second-order valence-corrected chi connectivity index (χ2v) is 21.4. The predicted molar refractivity (Wildman–Crippen MR) is 277 cm³/mol. The number of imidazole rings is 2. The average Bonchev–Trinajstić information content (AvgIpc) is 4.22. The van der Waals surface area contributed by atoms with Crippen LogP contribution in [0, 0.1) is 17.8 Å². The molecule has 378 valence electrons. The number of amides is 4. The van der Waals surface area contributed by atoms with Gasteiger partial charge in [0.1, 0.15) is 23.7 Å². The minimum atomic E-state index is -0.895. The molecule has 2 saturated heterocycles. The maximum atomic E-state index is 14.6. The molecule has 8 aliphatic rings. The van der Waals surface area contributed by atoms with Gasteiger partial charge in [0.2, 0.25) is 11.8 Å². The molecule has 0 spiro atoms. The quantitative estimate of drug-likeness (QED) is 0.0946. The SMILES string of the molecule is C=C(C)[C@H](NC(=O)OC)C(=O)N1C2CCCCC2C[C@H]1c1ncc(-c2ccc(-c3cc4c(-c5cnc([C@@H]6CC7CCCCC7N6C(=O)[C@@H](NC(=O)OC)C(C)C)[nH]5)cc3CCc3ccc(cc3)CC4)cc2)[nH]1. The van der Waals surface area contributed by atoms with E-state index in [0.717, 1.165) is 130 Å². The Morgan fingerprint density at radius 3 is 1.68 bits per heavy atom. The number of methoxy groups -OCH3 is 2. The number of hydrogen-bond donors (Lipinski definition) is 4. The monoisotopic (exact) mass is 975 g/mol. The summed E-state index contributed by atoms with van der Waals surface area (Å²) in [6.07, 6.45) is 16.1. The molecule has 72 heavy (non-hydrogen) atoms. The molecule has 13 rings (SSSR count). The first-order valence-electron chi connectivity index (χ1n) is 26.3. The van der Waals surface area contributed by atoms with Gasteiger partial charge in [-0.15, -0.1) is 0 Å². The molecule has 5 aromatic rings. The van der Waals surface area contributed by atoms with E-state index in [0.29, 0.717) is 17.4 Å². The summed E-state index contributed by atoms with van der Waals surface area (Å²) in [5.41, 5.74) is 11.9. The lowest BCUT2D eigenvalue weighted by Crippen LogP contribution is -2.53. The predicted octanol–water partition coefficient (Wildman–Crippen LogP) is 10.4. The second-order valence-electron chi connectivity index (χ2n) is 21.4. The van der Waals surface area contributed by atoms with Crippen molar-refractivity contribution in [2.45, 2.75) is 147 Å². The Hall–Kier alpha value is -6.70. The first-order chi connectivity index (χ1) is 34.9. The molecule has 4 unspecified atom stereocenters. The third-order valence-electron chi connectivity index (χ3n) is 16.6. The smallest absolute Gasteiger partial charge is 0.407 e. The third kappa shape index (κ3) is 9.68. The number of aromatic nitrogens is 4. The van der Waals surface area contributed by atoms with E-state index < -0.39 is 24.3 Å². The highest BCUT2D eigenvalue weighted by atomic mass is 16.5. The number of hydrogen-bond acceptors (Lipinski definition) is 8. The van der Waals surface area contributed by atoms with Crippen LogP contribution in [0.25, 0.3) is 33.6 Å². The van der Waals surface area contributed by atoms with E-state index in [2.05, 4.69) is 87.8 Å². The highest BCUT2D eigenvalue weighted by Crippen LogP contribution is 2.48. The van der Waals surface area contributed by atoms with Crippen molar-refractivity contribution in [3.05, 3.63) is 119 Å². The highest BCUT2D eigenvalue weighted by molar-refractivity contribution is 5.89. The van der Waals surface area contributed by atoms with Crippen LogP contribution in [0.15, 0.2) is 85.2 Å². The van der Waals surface area contributed by atoms with Gasteiger partial charge in [-0.2, -0.15) is 0 Å². The number of rotatable bonds is 11. The van der Waals surface area contributed by atoms with Gasteiger partial charge in [-0.05, 0) is 139 Å². The zero-order valence-electron chi connectivity index (χ0n) is 42.5. The van der Waals surface area contributed by atoms with Crippen LogP contribution in [0.4, 0.5) is 9.59 Å². The van der Waals surface area contributed by atoms with E-state index in [4.69, 9.17) is 19.4 Å². The van der Waals surface area contributed by atoms with Gasteiger partial charge in [-0.3, -0.25) is 9.59 Å². The zero-order chi connectivity index (χ0) is 50.2. The highest BCUT2D eigenvalue weighted by Gasteiger charge is 2.50. The number of benzene rings is 3. The Labute approximate surface area is 423 Å². The normalized spacial score (nSPS) is 23.4. The van der Waals surface area contributed by atoms with E-state index in [1.165, 1.54) is 42.0 Å². The Bertz CT molecular complexity index is 2810. The fraction of sp³-hybridized carbons (Fsp3) is 0.483. The van der Waals surface area contributed by atoms with Crippen LogP contribution < -0.4 is 10.6 Å². The van der Waals surface area contributed by atoms with Crippen LogP contribution in [0.5, 0.6) is 0 Å². The number of likely N-dealkylation sites (tertiary alicyclic amines) is 2. The molecule has 4 fully saturated rings. The molecule has 14 heteroatoms. The number of H-pyrrole nitrogens is 2. The molecular formula is C58H70N8O6. The number of nitrogens with one attached hydrogen (secondary N) is 4. The summed E-state index contributed by atoms with van der Waals surface area (Å²) in [7, 11) is 2.63. The van der Waals surface area contributed by atoms with Crippen molar-refractivity contribution in [3.8, 4) is 33.6 Å². The van der Waals surface area contributed by atoms with Gasteiger partial charge in [0.25, 0.3) is 0 Å². The van der Waals surface area contributed by atoms with E-state index in [1.54, 1.807) is 6.92 Å². The lowest BCUT2D eigenvalue weighted by molar-refractivity contribution is -0.138. The minimum Gasteiger partial charge on any atom is -0.453 e. The molecule has 4 heterocycles. The molecule has 2 aromatic heterocycles. The molecular weight excluding hydrogens is 905 g/mol. The summed E-state index contributed by atoms with van der Waals surface area (Å²) in [5, 5.41) is 5.57. The first kappa shape index (κ1) is 48.9. The van der Waals surface area contributed by atoms with Crippen molar-refractivity contribution < 1.29 is 28.7 Å². The summed E-state index contributed by atoms with van der Waals surface area (Å²) in [4.78, 5) is 75.2. The number of aromatic amines is 2. The van der Waals surface area contributed by atoms with Crippen molar-refractivity contribution in [1.82, 2.24) is 40.4 Å². The molecule has 2 saturated carbocycles. The van der Waals surface area contributed by atoms with Crippen molar-refractivity contribution in [2.75, 3.05) is 14.2 Å². The lowest BCUT2D eigenvalue weighted by Gasteiger charge is -2.36. The fourth-order valence-electron chi connectivity index (χ4n) is 12.8. The number of carbonyl (C=O) groups is 4. The largest absolute Gasteiger partial charge is 0.453 e. The summed E-state index contributed by atoms with van der Waals surface area (Å²) >= 11 is 0. The van der Waals surface area contributed by atoms with Crippen LogP contribution in [0.1, 0.15) is 131 Å². The van der Waals surface area contributed by atoms with Crippen molar-refractivity contribution in [3.63, 3.8) is 0 Å². The van der Waals surface area contributed by atoms with Crippen LogP contribution in [-0.2, 0) is 44.7 Å². The van der Waals surface area contributed by atoms with Gasteiger partial charge in [0, 0.05) is 17.6 Å². The number of alkyl carbamates (subject to hydrolysis) is 2. The Balaban J connectivity index is 0.952. The van der Waals surface area contributed by atoms with Gasteiger partial charge < -0.3 is 39.9 Å². The molecule has 4 amide bonds. The number of carbonyl (C=O) groups excluding carboxylic acids is 4. The summed E-state index contributed by atoms with van der Waals surface area (Å²) in [6, 6.07) is 20.6. The molecule has 2 aliphatic heterocycles. The van der Waals surface area contributed by atoms with Crippen LogP contribution >= 0.6 is 0 Å². The lowest BCUT2D eigenvalue weighted by atomic mass is 9.84. The molecule has 8 atom stereocenters. The van der Waals surface area contributed by atoms with Crippen molar-refractivity contribution in [2.24, 2.45) is 17.8 Å². The Kier molecular flexibility index (Phi) is 14.1. The van der Waals surface area contributed by atoms with Crippen LogP contribution in [0.3, 0.4) is 0 Å². The standard InChI is InChI=1S/C58H70N8O6/c1-33(2)51(63-57(69)71-5)55(67)65-47-13-9-7-11-41(47)29-49(65)53-59-31-45(61-53)38-25-23-37(24-26-38)43-27-40-22-20-36-17-15-35(16-18-36)19-21-39(43)28-44(40)46-32-60-54(62-46)50-30-42-12-8-10-14-48(42)66(50)56(68)52(34(3)4)64-58(70)72-6/h15-18,23-28,31-32,34,41-42,47-52H,1,7-14,19-22,29-30H2,2-6H3,(H,59,61)(H,60,62)(H,63,69)(H,64,70)/t41?,42?,47?,48?,49-,50-,51-,52-/m0/s1. The second kappa shape index (κ2) is 20.8. The summed E-state index contributed by atoms with van der Waals surface area (Å²) < 4.78 is 9.83. The number of fused-ring (bicyclic) bond motifs is 2. The molecule has 4 N–H and O–H groups in total. The zero-order valence-corrected chi connectivity index (χ0v) is 42.5.